The molecule has 116 valence electrons. The molecule has 0 saturated carbocycles. The molecule has 0 spiro atoms. The van der Waals surface area contributed by atoms with Crippen molar-refractivity contribution < 1.29 is 14.7 Å². The lowest BCUT2D eigenvalue weighted by Gasteiger charge is -2.13. The molecule has 1 aromatic carbocycles. The molecule has 0 radical (unpaired) electrons. The predicted molar refractivity (Wildman–Crippen MR) is 87.4 cm³/mol. The van der Waals surface area contributed by atoms with Crippen LogP contribution in [0.5, 0.6) is 0 Å². The average molecular weight is 317 g/mol. The van der Waals surface area contributed by atoms with Gasteiger partial charge in [0.05, 0.1) is 5.56 Å². The number of carbonyl (C=O) groups excluding carboxylic acids is 1. The Morgan fingerprint density at radius 2 is 1.95 bits per heavy atom. The Morgan fingerprint density at radius 1 is 1.23 bits per heavy atom. The number of carboxylic acid groups (broad SMARTS) is 1. The number of hydrogen-bond acceptors (Lipinski definition) is 3. The summed E-state index contributed by atoms with van der Waals surface area (Å²) in [5.74, 6) is -0.918. The number of carboxylic acids is 1. The third-order valence-electron chi connectivity index (χ3n) is 3.34. The highest BCUT2D eigenvalue weighted by Crippen LogP contribution is 2.11. The van der Waals surface area contributed by atoms with E-state index >= 15 is 0 Å². The predicted octanol–water partition coefficient (Wildman–Crippen LogP) is 3.13. The Balaban J connectivity index is 1.76. The Hall–Kier alpha value is -2.14. The quantitative estimate of drug-likeness (QED) is 0.824. The molecule has 0 fully saturated rings. The first-order chi connectivity index (χ1) is 10.5. The van der Waals surface area contributed by atoms with Crippen LogP contribution in [0.1, 0.15) is 34.1 Å². The number of hydrogen-bond donors (Lipinski definition) is 2. The molecule has 0 bridgehead atoms. The van der Waals surface area contributed by atoms with Crippen LogP contribution in [0.4, 0.5) is 0 Å². The van der Waals surface area contributed by atoms with Crippen LogP contribution < -0.4 is 5.32 Å². The van der Waals surface area contributed by atoms with Crippen molar-refractivity contribution in [3.63, 3.8) is 0 Å². The van der Waals surface area contributed by atoms with Gasteiger partial charge in [-0.15, -0.1) is 11.3 Å². The van der Waals surface area contributed by atoms with Crippen molar-refractivity contribution in [2.24, 2.45) is 0 Å². The zero-order valence-corrected chi connectivity index (χ0v) is 13.2. The first kappa shape index (κ1) is 16.2. The highest BCUT2D eigenvalue weighted by atomic mass is 32.1. The zero-order valence-electron chi connectivity index (χ0n) is 12.4. The van der Waals surface area contributed by atoms with Gasteiger partial charge in [-0.2, -0.15) is 0 Å². The van der Waals surface area contributed by atoms with Crippen molar-refractivity contribution >= 4 is 23.2 Å². The van der Waals surface area contributed by atoms with Crippen molar-refractivity contribution in [3.8, 4) is 0 Å². The van der Waals surface area contributed by atoms with Gasteiger partial charge in [0.1, 0.15) is 0 Å². The summed E-state index contributed by atoms with van der Waals surface area (Å²) in [5, 5.41) is 13.9. The van der Waals surface area contributed by atoms with E-state index in [1.54, 1.807) is 35.6 Å². The monoisotopic (exact) mass is 317 g/mol. The Bertz CT molecular complexity index is 620. The minimum Gasteiger partial charge on any atom is -0.478 e. The highest BCUT2D eigenvalue weighted by molar-refractivity contribution is 7.09. The molecular weight excluding hydrogens is 298 g/mol. The molecular formula is C17H19NO3S. The number of carbonyl (C=O) groups is 2. The van der Waals surface area contributed by atoms with E-state index < -0.39 is 5.97 Å². The number of aromatic carboxylic acids is 1. The summed E-state index contributed by atoms with van der Waals surface area (Å²) in [6.07, 6.45) is 1.86. The van der Waals surface area contributed by atoms with Gasteiger partial charge in [0.2, 0.25) is 5.91 Å². The maximum absolute atomic E-state index is 11.9. The van der Waals surface area contributed by atoms with Gasteiger partial charge >= 0.3 is 5.97 Å². The summed E-state index contributed by atoms with van der Waals surface area (Å²) in [4.78, 5) is 24.0. The SMILES string of the molecule is C[C@@H](Cc1cccs1)NC(=O)CCc1ccc(C(=O)O)cc1. The number of rotatable bonds is 7. The Labute approximate surface area is 133 Å². The van der Waals surface area contributed by atoms with Crippen LogP contribution in [0.3, 0.4) is 0 Å². The van der Waals surface area contributed by atoms with Gasteiger partial charge in [-0.3, -0.25) is 4.79 Å². The van der Waals surface area contributed by atoms with Crippen LogP contribution in [-0.2, 0) is 17.6 Å². The van der Waals surface area contributed by atoms with Crippen LogP contribution in [0, 0.1) is 0 Å². The molecule has 2 rings (SSSR count). The fraction of sp³-hybridized carbons (Fsp3) is 0.294. The molecule has 0 unspecified atom stereocenters. The zero-order chi connectivity index (χ0) is 15.9. The van der Waals surface area contributed by atoms with Gasteiger partial charge in [-0.05, 0) is 42.5 Å². The largest absolute Gasteiger partial charge is 0.478 e. The van der Waals surface area contributed by atoms with E-state index in [2.05, 4.69) is 11.4 Å². The second-order valence-electron chi connectivity index (χ2n) is 5.25. The molecule has 0 aliphatic rings. The topological polar surface area (TPSA) is 66.4 Å². The lowest BCUT2D eigenvalue weighted by molar-refractivity contribution is -0.121. The van der Waals surface area contributed by atoms with E-state index in [0.29, 0.717) is 12.8 Å². The molecule has 0 aliphatic heterocycles. The number of nitrogens with one attached hydrogen (secondary N) is 1. The fourth-order valence-corrected chi connectivity index (χ4v) is 3.04. The number of amides is 1. The Morgan fingerprint density at radius 3 is 2.55 bits per heavy atom. The third kappa shape index (κ3) is 5.00. The van der Waals surface area contributed by atoms with Crippen LogP contribution in [-0.4, -0.2) is 23.0 Å². The number of thiophene rings is 1. The van der Waals surface area contributed by atoms with Gasteiger partial charge < -0.3 is 10.4 Å². The molecule has 0 aliphatic carbocycles. The lowest BCUT2D eigenvalue weighted by Crippen LogP contribution is -2.34. The summed E-state index contributed by atoms with van der Waals surface area (Å²) in [6, 6.07) is 10.8. The van der Waals surface area contributed by atoms with Crippen molar-refractivity contribution in [1.82, 2.24) is 5.32 Å². The maximum Gasteiger partial charge on any atom is 0.335 e. The summed E-state index contributed by atoms with van der Waals surface area (Å²) >= 11 is 1.69. The Kier molecular flexibility index (Phi) is 5.72. The molecule has 0 saturated heterocycles. The first-order valence-corrected chi connectivity index (χ1v) is 8.06. The van der Waals surface area contributed by atoms with Gasteiger partial charge in [0.15, 0.2) is 0 Å². The van der Waals surface area contributed by atoms with Crippen LogP contribution in [0.2, 0.25) is 0 Å². The van der Waals surface area contributed by atoms with Crippen molar-refractivity contribution in [2.75, 3.05) is 0 Å². The second kappa shape index (κ2) is 7.75. The van der Waals surface area contributed by atoms with Gasteiger partial charge in [0, 0.05) is 23.8 Å². The molecule has 1 aromatic heterocycles. The second-order valence-corrected chi connectivity index (χ2v) is 6.29. The van der Waals surface area contributed by atoms with Crippen molar-refractivity contribution in [1.29, 1.82) is 0 Å². The molecule has 2 N–H and O–H groups in total. The normalized spacial score (nSPS) is 11.9. The standard InChI is InChI=1S/C17H19NO3S/c1-12(11-15-3-2-10-22-15)18-16(19)9-6-13-4-7-14(8-5-13)17(20)21/h2-5,7-8,10,12H,6,9,11H2,1H3,(H,18,19)(H,20,21)/t12-/m0/s1. The van der Waals surface area contributed by atoms with Gasteiger partial charge in [-0.1, -0.05) is 18.2 Å². The summed E-state index contributed by atoms with van der Waals surface area (Å²) in [5.41, 5.74) is 1.23. The average Bonchev–Trinajstić information content (AvgIpc) is 2.98. The van der Waals surface area contributed by atoms with E-state index in [1.165, 1.54) is 4.88 Å². The maximum atomic E-state index is 11.9. The summed E-state index contributed by atoms with van der Waals surface area (Å²) in [6.45, 7) is 2.00. The third-order valence-corrected chi connectivity index (χ3v) is 4.24. The van der Waals surface area contributed by atoms with E-state index in [1.807, 2.05) is 18.4 Å². The number of benzene rings is 1. The molecule has 22 heavy (non-hydrogen) atoms. The van der Waals surface area contributed by atoms with E-state index in [0.717, 1.165) is 12.0 Å². The van der Waals surface area contributed by atoms with E-state index in [4.69, 9.17) is 5.11 Å². The lowest BCUT2D eigenvalue weighted by atomic mass is 10.1. The molecule has 1 amide bonds. The first-order valence-electron chi connectivity index (χ1n) is 7.18. The molecule has 5 heteroatoms. The summed E-state index contributed by atoms with van der Waals surface area (Å²) in [7, 11) is 0. The smallest absolute Gasteiger partial charge is 0.335 e. The molecule has 1 heterocycles. The van der Waals surface area contributed by atoms with Crippen LogP contribution in [0.15, 0.2) is 41.8 Å². The van der Waals surface area contributed by atoms with Gasteiger partial charge in [-0.25, -0.2) is 4.79 Å². The number of aryl methyl sites for hydroxylation is 1. The van der Waals surface area contributed by atoms with Gasteiger partial charge in [0.25, 0.3) is 0 Å². The molecule has 2 aromatic rings. The minimum atomic E-state index is -0.938. The van der Waals surface area contributed by atoms with Crippen LogP contribution in [0.25, 0.3) is 0 Å². The minimum absolute atomic E-state index is 0.0198. The summed E-state index contributed by atoms with van der Waals surface area (Å²) < 4.78 is 0. The van der Waals surface area contributed by atoms with E-state index in [-0.39, 0.29) is 17.5 Å². The fourth-order valence-electron chi connectivity index (χ4n) is 2.20. The molecule has 1 atom stereocenters. The van der Waals surface area contributed by atoms with E-state index in [9.17, 15) is 9.59 Å². The highest BCUT2D eigenvalue weighted by Gasteiger charge is 2.09. The van der Waals surface area contributed by atoms with Crippen LogP contribution >= 0.6 is 11.3 Å². The van der Waals surface area contributed by atoms with Crippen molar-refractivity contribution in [2.45, 2.75) is 32.2 Å². The van der Waals surface area contributed by atoms with Crippen molar-refractivity contribution in [3.05, 3.63) is 57.8 Å². The molecule has 4 nitrogen and oxygen atoms in total.